The second-order valence-electron chi connectivity index (χ2n) is 5.90. The highest BCUT2D eigenvalue weighted by atomic mass is 32.1. The zero-order valence-corrected chi connectivity index (χ0v) is 14.0. The molecule has 7 heteroatoms. The van der Waals surface area contributed by atoms with Crippen LogP contribution in [0.15, 0.2) is 24.0 Å². The van der Waals surface area contributed by atoms with Gasteiger partial charge >= 0.3 is 0 Å². The average molecular weight is 328 g/mol. The van der Waals surface area contributed by atoms with Crippen molar-refractivity contribution in [2.45, 2.75) is 45.1 Å². The lowest BCUT2D eigenvalue weighted by atomic mass is 10.0. The summed E-state index contributed by atoms with van der Waals surface area (Å²) in [5.74, 6) is 1.78. The summed E-state index contributed by atoms with van der Waals surface area (Å²) in [6.45, 7) is 3.20. The smallest absolute Gasteiger partial charge is 0.254 e. The van der Waals surface area contributed by atoms with Gasteiger partial charge in [0.05, 0.1) is 6.04 Å². The number of aromatic nitrogens is 5. The Bertz CT molecular complexity index is 781. The van der Waals surface area contributed by atoms with E-state index in [4.69, 9.17) is 0 Å². The van der Waals surface area contributed by atoms with Crippen molar-refractivity contribution in [1.29, 1.82) is 0 Å². The third-order valence-corrected chi connectivity index (χ3v) is 5.20. The molecule has 3 aromatic heterocycles. The molecule has 0 N–H and O–H groups in total. The third kappa shape index (κ3) is 2.69. The van der Waals surface area contributed by atoms with Crippen molar-refractivity contribution in [3.05, 3.63) is 34.7 Å². The lowest BCUT2D eigenvalue weighted by Gasteiger charge is -2.36. The molecule has 1 saturated heterocycles. The van der Waals surface area contributed by atoms with Crippen LogP contribution in [0.3, 0.4) is 0 Å². The molecule has 1 aliphatic rings. The first kappa shape index (κ1) is 14.6. The van der Waals surface area contributed by atoms with Gasteiger partial charge in [-0.1, -0.05) is 13.3 Å². The number of hydrogen-bond donors (Lipinski definition) is 0. The minimum atomic E-state index is 0.327. The first-order chi connectivity index (χ1) is 11.4. The molecule has 1 aliphatic heterocycles. The number of nitrogens with zero attached hydrogens (tertiary/aromatic N) is 6. The summed E-state index contributed by atoms with van der Waals surface area (Å²) >= 11 is 1.74. The predicted molar refractivity (Wildman–Crippen MR) is 90.8 cm³/mol. The molecule has 0 saturated carbocycles. The fraction of sp³-hybridized carbons (Fsp3) is 0.500. The molecule has 6 nitrogen and oxygen atoms in total. The molecule has 4 heterocycles. The zero-order chi connectivity index (χ0) is 15.6. The molecule has 0 radical (unpaired) electrons. The number of aryl methyl sites for hydroxylation is 1. The molecule has 3 aromatic rings. The van der Waals surface area contributed by atoms with Gasteiger partial charge in [-0.05, 0) is 25.7 Å². The van der Waals surface area contributed by atoms with E-state index in [1.165, 1.54) is 17.8 Å². The van der Waals surface area contributed by atoms with E-state index in [-0.39, 0.29) is 0 Å². The Morgan fingerprint density at radius 2 is 2.26 bits per heavy atom. The Hall–Kier alpha value is -2.02. The number of piperidine rings is 1. The van der Waals surface area contributed by atoms with Crippen LogP contribution in [0.5, 0.6) is 0 Å². The maximum atomic E-state index is 4.62. The highest BCUT2D eigenvalue weighted by Gasteiger charge is 2.28. The van der Waals surface area contributed by atoms with Crippen LogP contribution >= 0.6 is 11.3 Å². The highest BCUT2D eigenvalue weighted by Crippen LogP contribution is 2.35. The lowest BCUT2D eigenvalue weighted by molar-refractivity contribution is 0.464. The Balaban J connectivity index is 1.80. The summed E-state index contributed by atoms with van der Waals surface area (Å²) < 4.78 is 1.87. The van der Waals surface area contributed by atoms with Crippen LogP contribution < -0.4 is 4.90 Å². The van der Waals surface area contributed by atoms with E-state index in [0.717, 1.165) is 37.3 Å². The monoisotopic (exact) mass is 328 g/mol. The molecule has 0 amide bonds. The minimum Gasteiger partial charge on any atom is -0.347 e. The number of anilines is 1. The summed E-state index contributed by atoms with van der Waals surface area (Å²) in [6, 6.07) is 2.50. The number of hydrogen-bond acceptors (Lipinski definition) is 6. The maximum absolute atomic E-state index is 4.62. The van der Waals surface area contributed by atoms with Gasteiger partial charge in [0.1, 0.15) is 17.2 Å². The summed E-state index contributed by atoms with van der Waals surface area (Å²) in [5.41, 5.74) is 1.09. The molecular formula is C16H20N6S. The predicted octanol–water partition coefficient (Wildman–Crippen LogP) is 3.26. The number of rotatable bonds is 4. The Morgan fingerprint density at radius 1 is 1.30 bits per heavy atom. The number of fused-ring (bicyclic) bond motifs is 1. The van der Waals surface area contributed by atoms with Crippen LogP contribution in [0.25, 0.3) is 5.78 Å². The first-order valence-corrected chi connectivity index (χ1v) is 9.10. The van der Waals surface area contributed by atoms with Crippen molar-refractivity contribution in [3.63, 3.8) is 0 Å². The number of thiazole rings is 1. The van der Waals surface area contributed by atoms with E-state index in [2.05, 4.69) is 43.3 Å². The van der Waals surface area contributed by atoms with Gasteiger partial charge in [0.25, 0.3) is 5.78 Å². The fourth-order valence-electron chi connectivity index (χ4n) is 3.29. The SMILES string of the molecule is CCCc1cc(N2CCCC[C@H]2c2nccs2)n2ncnc2n1. The summed E-state index contributed by atoms with van der Waals surface area (Å²) in [7, 11) is 0. The van der Waals surface area contributed by atoms with Crippen molar-refractivity contribution < 1.29 is 0 Å². The molecule has 120 valence electrons. The second-order valence-corrected chi connectivity index (χ2v) is 6.83. The van der Waals surface area contributed by atoms with Crippen LogP contribution in [0.4, 0.5) is 5.82 Å². The van der Waals surface area contributed by atoms with Crippen molar-refractivity contribution in [3.8, 4) is 0 Å². The van der Waals surface area contributed by atoms with Crippen LogP contribution in [-0.4, -0.2) is 31.1 Å². The summed E-state index contributed by atoms with van der Waals surface area (Å²) in [4.78, 5) is 15.9. The van der Waals surface area contributed by atoms with E-state index >= 15 is 0 Å². The van der Waals surface area contributed by atoms with Gasteiger partial charge in [0, 0.05) is 29.9 Å². The van der Waals surface area contributed by atoms with Crippen molar-refractivity contribution >= 4 is 22.9 Å². The van der Waals surface area contributed by atoms with Gasteiger partial charge in [0.15, 0.2) is 0 Å². The van der Waals surface area contributed by atoms with Gasteiger partial charge in [-0.15, -0.1) is 11.3 Å². The zero-order valence-electron chi connectivity index (χ0n) is 13.2. The molecule has 4 rings (SSSR count). The molecule has 0 unspecified atom stereocenters. The third-order valence-electron chi connectivity index (χ3n) is 4.33. The van der Waals surface area contributed by atoms with Crippen LogP contribution in [0.1, 0.15) is 49.4 Å². The van der Waals surface area contributed by atoms with Crippen LogP contribution in [0, 0.1) is 0 Å². The average Bonchev–Trinajstić information content (AvgIpc) is 3.26. The molecule has 1 fully saturated rings. The van der Waals surface area contributed by atoms with Gasteiger partial charge in [-0.2, -0.15) is 14.6 Å². The summed E-state index contributed by atoms with van der Waals surface area (Å²) in [6.07, 6.45) is 9.10. The van der Waals surface area contributed by atoms with E-state index in [9.17, 15) is 0 Å². The van der Waals surface area contributed by atoms with Gasteiger partial charge in [-0.3, -0.25) is 0 Å². The minimum absolute atomic E-state index is 0.327. The van der Waals surface area contributed by atoms with Gasteiger partial charge in [-0.25, -0.2) is 9.97 Å². The van der Waals surface area contributed by atoms with Crippen molar-refractivity contribution in [2.24, 2.45) is 0 Å². The van der Waals surface area contributed by atoms with E-state index in [0.29, 0.717) is 11.8 Å². The second kappa shape index (κ2) is 6.23. The standard InChI is InChI=1S/C16H20N6S/c1-2-5-12-10-14(22-16(20-12)18-11-19-22)21-8-4-3-6-13(21)15-17-7-9-23-15/h7,9-11,13H,2-6,8H2,1H3/t13-/m0/s1. The Kier molecular flexibility index (Phi) is 3.95. The van der Waals surface area contributed by atoms with Gasteiger partial charge < -0.3 is 4.90 Å². The van der Waals surface area contributed by atoms with E-state index in [1.54, 1.807) is 17.7 Å². The Morgan fingerprint density at radius 3 is 3.09 bits per heavy atom. The fourth-order valence-corrected chi connectivity index (χ4v) is 4.08. The van der Waals surface area contributed by atoms with Crippen molar-refractivity contribution in [1.82, 2.24) is 24.6 Å². The lowest BCUT2D eigenvalue weighted by Crippen LogP contribution is -2.35. The molecule has 0 bridgehead atoms. The summed E-state index contributed by atoms with van der Waals surface area (Å²) in [5, 5.41) is 7.64. The van der Waals surface area contributed by atoms with Crippen LogP contribution in [0.2, 0.25) is 0 Å². The largest absolute Gasteiger partial charge is 0.347 e. The van der Waals surface area contributed by atoms with E-state index < -0.39 is 0 Å². The molecular weight excluding hydrogens is 308 g/mol. The first-order valence-electron chi connectivity index (χ1n) is 8.22. The Labute approximate surface area is 139 Å². The maximum Gasteiger partial charge on any atom is 0.254 e. The molecule has 0 spiro atoms. The van der Waals surface area contributed by atoms with Crippen molar-refractivity contribution in [2.75, 3.05) is 11.4 Å². The normalized spacial score (nSPS) is 18.7. The quantitative estimate of drug-likeness (QED) is 0.735. The molecule has 23 heavy (non-hydrogen) atoms. The van der Waals surface area contributed by atoms with Gasteiger partial charge in [0.2, 0.25) is 0 Å². The molecule has 1 atom stereocenters. The van der Waals surface area contributed by atoms with E-state index in [1.807, 2.05) is 10.7 Å². The molecule has 0 aromatic carbocycles. The topological polar surface area (TPSA) is 59.2 Å². The van der Waals surface area contributed by atoms with Crippen LogP contribution in [-0.2, 0) is 6.42 Å². The molecule has 0 aliphatic carbocycles. The highest BCUT2D eigenvalue weighted by molar-refractivity contribution is 7.09.